The predicted molar refractivity (Wildman–Crippen MR) is 114 cm³/mol. The lowest BCUT2D eigenvalue weighted by molar-refractivity contribution is -0.139. The fourth-order valence-corrected chi connectivity index (χ4v) is 4.38. The predicted octanol–water partition coefficient (Wildman–Crippen LogP) is 3.99. The van der Waals surface area contributed by atoms with Crippen LogP contribution in [0.1, 0.15) is 22.3 Å². The number of carbonyl (C=O) groups excluding carboxylic acids is 2. The number of aromatic nitrogens is 2. The van der Waals surface area contributed by atoms with Gasteiger partial charge in [-0.3, -0.25) is 4.79 Å². The minimum absolute atomic E-state index is 0.266. The van der Waals surface area contributed by atoms with Crippen molar-refractivity contribution in [1.82, 2.24) is 14.5 Å². The van der Waals surface area contributed by atoms with Crippen molar-refractivity contribution in [3.8, 4) is 0 Å². The lowest BCUT2D eigenvalue weighted by atomic mass is 10.2. The number of para-hydroxylation sites is 2. The molecule has 4 rings (SSSR count). The highest BCUT2D eigenvalue weighted by Gasteiger charge is 2.24. The Kier molecular flexibility index (Phi) is 5.07. The molecule has 7 heteroatoms. The van der Waals surface area contributed by atoms with Gasteiger partial charge in [0.2, 0.25) is 0 Å². The number of thiazole rings is 1. The van der Waals surface area contributed by atoms with Gasteiger partial charge in [-0.05, 0) is 25.1 Å². The maximum Gasteiger partial charge on any atom is 0.341 e. The van der Waals surface area contributed by atoms with E-state index < -0.39 is 12.1 Å². The zero-order valence-electron chi connectivity index (χ0n) is 16.5. The molecule has 29 heavy (non-hydrogen) atoms. The normalized spacial score (nSPS) is 12.2. The molecule has 2 aromatic carbocycles. The number of aryl methyl sites for hydroxylation is 1. The summed E-state index contributed by atoms with van der Waals surface area (Å²) in [5.41, 5.74) is 2.31. The molecule has 2 aromatic heterocycles. The van der Waals surface area contributed by atoms with Crippen LogP contribution in [0, 0.1) is 0 Å². The summed E-state index contributed by atoms with van der Waals surface area (Å²) < 4.78 is 8.43. The SMILES string of the molecule is CC(OC(=O)c1cn(C)c2ccccc12)C(=O)N(C)Cc1nc2ccccc2s1. The van der Waals surface area contributed by atoms with Crippen LogP contribution in [0.3, 0.4) is 0 Å². The van der Waals surface area contributed by atoms with Gasteiger partial charge in [0.15, 0.2) is 6.10 Å². The van der Waals surface area contributed by atoms with Crippen molar-refractivity contribution in [2.75, 3.05) is 7.05 Å². The fourth-order valence-electron chi connectivity index (χ4n) is 3.36. The van der Waals surface area contributed by atoms with Gasteiger partial charge in [0.1, 0.15) is 5.01 Å². The van der Waals surface area contributed by atoms with E-state index in [9.17, 15) is 9.59 Å². The first-order chi connectivity index (χ1) is 13.9. The molecule has 148 valence electrons. The molecule has 0 saturated carbocycles. The molecule has 0 bridgehead atoms. The smallest absolute Gasteiger partial charge is 0.341 e. The third-order valence-corrected chi connectivity index (χ3v) is 5.86. The monoisotopic (exact) mass is 407 g/mol. The van der Waals surface area contributed by atoms with Crippen LogP contribution < -0.4 is 0 Å². The summed E-state index contributed by atoms with van der Waals surface area (Å²) in [4.78, 5) is 31.5. The molecule has 0 N–H and O–H groups in total. The van der Waals surface area contributed by atoms with Gasteiger partial charge in [0.05, 0.1) is 22.3 Å². The average molecular weight is 407 g/mol. The minimum atomic E-state index is -0.888. The molecule has 0 aliphatic carbocycles. The summed E-state index contributed by atoms with van der Waals surface area (Å²) in [6.07, 6.45) is 0.843. The van der Waals surface area contributed by atoms with Crippen molar-refractivity contribution in [3.05, 3.63) is 65.3 Å². The highest BCUT2D eigenvalue weighted by molar-refractivity contribution is 7.18. The van der Waals surface area contributed by atoms with E-state index in [1.54, 1.807) is 36.4 Å². The van der Waals surface area contributed by atoms with Crippen molar-refractivity contribution in [1.29, 1.82) is 0 Å². The molecule has 0 radical (unpaired) electrons. The summed E-state index contributed by atoms with van der Waals surface area (Å²) in [6, 6.07) is 15.5. The molecule has 1 atom stereocenters. The average Bonchev–Trinajstić information content (AvgIpc) is 3.28. The highest BCUT2D eigenvalue weighted by Crippen LogP contribution is 2.23. The zero-order chi connectivity index (χ0) is 20.5. The number of likely N-dealkylation sites (N-methyl/N-ethyl adjacent to an activating group) is 1. The van der Waals surface area contributed by atoms with Gasteiger partial charge in [0, 0.05) is 31.2 Å². The Hall–Kier alpha value is -3.19. The maximum atomic E-state index is 12.7. The van der Waals surface area contributed by atoms with Crippen molar-refractivity contribution in [3.63, 3.8) is 0 Å². The van der Waals surface area contributed by atoms with Crippen LogP contribution in [0.4, 0.5) is 0 Å². The lowest BCUT2D eigenvalue weighted by Gasteiger charge is -2.20. The van der Waals surface area contributed by atoms with Crippen molar-refractivity contribution >= 4 is 44.3 Å². The second kappa shape index (κ2) is 7.67. The van der Waals surface area contributed by atoms with Crippen LogP contribution >= 0.6 is 11.3 Å². The summed E-state index contributed by atoms with van der Waals surface area (Å²) in [7, 11) is 3.57. The second-order valence-corrected chi connectivity index (χ2v) is 8.10. The van der Waals surface area contributed by atoms with Crippen LogP contribution in [-0.2, 0) is 23.1 Å². The van der Waals surface area contributed by atoms with Crippen LogP contribution in [0.25, 0.3) is 21.1 Å². The number of amides is 1. The maximum absolute atomic E-state index is 12.7. The number of esters is 1. The number of nitrogens with zero attached hydrogens (tertiary/aromatic N) is 3. The van der Waals surface area contributed by atoms with Gasteiger partial charge in [0.25, 0.3) is 5.91 Å². The van der Waals surface area contributed by atoms with E-state index >= 15 is 0 Å². The molecule has 1 amide bonds. The molecule has 1 unspecified atom stereocenters. The molecule has 2 heterocycles. The van der Waals surface area contributed by atoms with Crippen LogP contribution in [0.2, 0.25) is 0 Å². The van der Waals surface area contributed by atoms with Crippen LogP contribution in [-0.4, -0.2) is 39.5 Å². The van der Waals surface area contributed by atoms with Crippen molar-refractivity contribution < 1.29 is 14.3 Å². The Labute approximate surface area is 172 Å². The highest BCUT2D eigenvalue weighted by atomic mass is 32.1. The van der Waals surface area contributed by atoms with Crippen LogP contribution in [0.5, 0.6) is 0 Å². The van der Waals surface area contributed by atoms with E-state index in [1.165, 1.54) is 0 Å². The Morgan fingerprint density at radius 2 is 1.90 bits per heavy atom. The third-order valence-electron chi connectivity index (χ3n) is 4.84. The minimum Gasteiger partial charge on any atom is -0.449 e. The topological polar surface area (TPSA) is 64.4 Å². The Balaban J connectivity index is 1.44. The van der Waals surface area contributed by atoms with E-state index in [4.69, 9.17) is 4.74 Å². The van der Waals surface area contributed by atoms with E-state index in [1.807, 2.05) is 60.1 Å². The standard InChI is InChI=1S/C22H21N3O3S/c1-14(28-22(27)16-12-24(2)18-10-6-4-8-15(16)18)21(26)25(3)13-20-23-17-9-5-7-11-19(17)29-20/h4-12,14H,13H2,1-3H3. The molecular weight excluding hydrogens is 386 g/mol. The van der Waals surface area contributed by atoms with E-state index in [0.29, 0.717) is 12.1 Å². The number of hydrogen-bond acceptors (Lipinski definition) is 5. The molecule has 0 aliphatic heterocycles. The number of rotatable bonds is 5. The number of carbonyl (C=O) groups is 2. The molecule has 0 saturated heterocycles. The van der Waals surface area contributed by atoms with Crippen molar-refractivity contribution in [2.24, 2.45) is 7.05 Å². The molecule has 6 nitrogen and oxygen atoms in total. The molecule has 4 aromatic rings. The first kappa shape index (κ1) is 19.1. The largest absolute Gasteiger partial charge is 0.449 e. The zero-order valence-corrected chi connectivity index (χ0v) is 17.3. The number of benzene rings is 2. The van der Waals surface area contributed by atoms with Gasteiger partial charge >= 0.3 is 5.97 Å². The third kappa shape index (κ3) is 3.73. The quantitative estimate of drug-likeness (QED) is 0.469. The Bertz CT molecular complexity index is 1180. The summed E-state index contributed by atoms with van der Waals surface area (Å²) >= 11 is 1.55. The van der Waals surface area contributed by atoms with E-state index in [-0.39, 0.29) is 5.91 Å². The Morgan fingerprint density at radius 3 is 2.69 bits per heavy atom. The first-order valence-corrected chi connectivity index (χ1v) is 10.1. The number of fused-ring (bicyclic) bond motifs is 2. The van der Waals surface area contributed by atoms with Gasteiger partial charge < -0.3 is 14.2 Å². The second-order valence-electron chi connectivity index (χ2n) is 6.99. The Morgan fingerprint density at radius 1 is 1.17 bits per heavy atom. The summed E-state index contributed by atoms with van der Waals surface area (Å²) in [5, 5.41) is 1.65. The lowest BCUT2D eigenvalue weighted by Crippen LogP contribution is -2.37. The number of hydrogen-bond donors (Lipinski definition) is 0. The van der Waals surface area contributed by atoms with Crippen LogP contribution in [0.15, 0.2) is 54.7 Å². The van der Waals surface area contributed by atoms with Gasteiger partial charge in [-0.1, -0.05) is 30.3 Å². The summed E-state index contributed by atoms with van der Waals surface area (Å²) in [5.74, 6) is -0.770. The number of ether oxygens (including phenoxy) is 1. The van der Waals surface area contributed by atoms with Crippen molar-refractivity contribution in [2.45, 2.75) is 19.6 Å². The van der Waals surface area contributed by atoms with Gasteiger partial charge in [-0.2, -0.15) is 0 Å². The molecular formula is C22H21N3O3S. The summed E-state index contributed by atoms with van der Waals surface area (Å²) in [6.45, 7) is 1.97. The molecule has 0 fully saturated rings. The van der Waals surface area contributed by atoms with E-state index in [2.05, 4.69) is 4.98 Å². The van der Waals surface area contributed by atoms with Gasteiger partial charge in [-0.25, -0.2) is 9.78 Å². The van der Waals surface area contributed by atoms with Gasteiger partial charge in [-0.15, -0.1) is 11.3 Å². The molecule has 0 aliphatic rings. The fraction of sp³-hybridized carbons (Fsp3) is 0.227. The first-order valence-electron chi connectivity index (χ1n) is 9.28. The molecule has 0 spiro atoms. The van der Waals surface area contributed by atoms with E-state index in [0.717, 1.165) is 26.1 Å².